The van der Waals surface area contributed by atoms with Crippen molar-refractivity contribution < 1.29 is 17.9 Å². The molecule has 4 heteroatoms. The largest absolute Gasteiger partial charge is 0.465 e. The summed E-state index contributed by atoms with van der Waals surface area (Å²) >= 11 is 0. The van der Waals surface area contributed by atoms with Crippen molar-refractivity contribution in [2.45, 2.75) is 6.18 Å². The average molecular weight is 266 g/mol. The Morgan fingerprint density at radius 3 is 2.26 bits per heavy atom. The lowest BCUT2D eigenvalue weighted by Crippen LogP contribution is -2.08. The Kier molecular flexibility index (Phi) is 5.67. The third kappa shape index (κ3) is 6.31. The Hall–Kier alpha value is -2.23. The number of alkyl halides is 3. The van der Waals surface area contributed by atoms with Crippen molar-refractivity contribution in [1.29, 1.82) is 0 Å². The summed E-state index contributed by atoms with van der Waals surface area (Å²) in [7, 11) is 0. The standard InChI is InChI=1S/C15H13F3O/c1-13(15(16,17)18)9-5-2-3-8-12-19-14-10-6-4-7-11-14/h2-12H,1H2/b3-2+,9-5+,12-8+. The van der Waals surface area contributed by atoms with Crippen molar-refractivity contribution in [2.24, 2.45) is 0 Å². The number of rotatable bonds is 5. The monoisotopic (exact) mass is 266 g/mol. The first kappa shape index (κ1) is 14.8. The normalized spacial score (nSPS) is 12.6. The highest BCUT2D eigenvalue weighted by Gasteiger charge is 2.29. The van der Waals surface area contributed by atoms with Gasteiger partial charge in [-0.15, -0.1) is 0 Å². The second-order valence-corrected chi connectivity index (χ2v) is 3.53. The third-order valence-electron chi connectivity index (χ3n) is 2.02. The first-order valence-corrected chi connectivity index (χ1v) is 5.48. The molecule has 0 saturated heterocycles. The molecule has 0 unspecified atom stereocenters. The summed E-state index contributed by atoms with van der Waals surface area (Å²) in [6.45, 7) is 2.91. The van der Waals surface area contributed by atoms with Crippen LogP contribution >= 0.6 is 0 Å². The highest BCUT2D eigenvalue weighted by molar-refractivity contribution is 5.25. The molecule has 1 aromatic rings. The molecule has 0 aliphatic rings. The van der Waals surface area contributed by atoms with Crippen LogP contribution < -0.4 is 4.74 Å². The quantitative estimate of drug-likeness (QED) is 0.549. The van der Waals surface area contributed by atoms with Gasteiger partial charge in [0.15, 0.2) is 0 Å². The molecule has 0 amide bonds. The average Bonchev–Trinajstić information content (AvgIpc) is 2.37. The van der Waals surface area contributed by atoms with Gasteiger partial charge in [-0.2, -0.15) is 13.2 Å². The van der Waals surface area contributed by atoms with Crippen LogP contribution in [0.1, 0.15) is 0 Å². The van der Waals surface area contributed by atoms with Crippen LogP contribution in [0, 0.1) is 0 Å². The van der Waals surface area contributed by atoms with E-state index < -0.39 is 11.7 Å². The Morgan fingerprint density at radius 2 is 1.63 bits per heavy atom. The summed E-state index contributed by atoms with van der Waals surface area (Å²) < 4.78 is 41.4. The Balaban J connectivity index is 2.35. The molecule has 0 saturated carbocycles. The SMILES string of the molecule is C=C(/C=C/C=C/C=C/Oc1ccccc1)C(F)(F)F. The van der Waals surface area contributed by atoms with E-state index in [-0.39, 0.29) is 0 Å². The Labute approximate surface area is 110 Å². The number of para-hydroxylation sites is 1. The molecule has 1 nitrogen and oxygen atoms in total. The van der Waals surface area contributed by atoms with Gasteiger partial charge >= 0.3 is 6.18 Å². The first-order chi connectivity index (χ1) is 9.00. The van der Waals surface area contributed by atoms with Crippen LogP contribution in [-0.4, -0.2) is 6.18 Å². The van der Waals surface area contributed by atoms with Crippen LogP contribution in [0.5, 0.6) is 5.75 Å². The van der Waals surface area contributed by atoms with Gasteiger partial charge in [-0.25, -0.2) is 0 Å². The second-order valence-electron chi connectivity index (χ2n) is 3.53. The number of allylic oxidation sites excluding steroid dienone is 6. The molecule has 19 heavy (non-hydrogen) atoms. The van der Waals surface area contributed by atoms with Crippen molar-refractivity contribution >= 4 is 0 Å². The van der Waals surface area contributed by atoms with Gasteiger partial charge in [-0.1, -0.05) is 49.1 Å². The number of halogens is 3. The second kappa shape index (κ2) is 7.26. The highest BCUT2D eigenvalue weighted by atomic mass is 19.4. The maximum Gasteiger partial charge on any atom is 0.415 e. The molecule has 0 fully saturated rings. The van der Waals surface area contributed by atoms with Crippen LogP contribution in [0.4, 0.5) is 13.2 Å². The van der Waals surface area contributed by atoms with Gasteiger partial charge in [0.25, 0.3) is 0 Å². The van der Waals surface area contributed by atoms with Gasteiger partial charge in [0.1, 0.15) is 5.75 Å². The molecule has 1 rings (SSSR count). The fourth-order valence-electron chi connectivity index (χ4n) is 1.06. The molecule has 0 aliphatic heterocycles. The fraction of sp³-hybridized carbons (Fsp3) is 0.0667. The summed E-state index contributed by atoms with van der Waals surface area (Å²) in [5.41, 5.74) is -0.887. The number of ether oxygens (including phenoxy) is 1. The number of benzene rings is 1. The summed E-state index contributed by atoms with van der Waals surface area (Å²) in [6.07, 6.45) is 3.83. The molecule has 0 bridgehead atoms. The van der Waals surface area contributed by atoms with E-state index in [1.165, 1.54) is 18.4 Å². The molecule has 100 valence electrons. The van der Waals surface area contributed by atoms with Crippen molar-refractivity contribution in [3.8, 4) is 5.75 Å². The fourth-order valence-corrected chi connectivity index (χ4v) is 1.06. The molecule has 0 spiro atoms. The zero-order chi connectivity index (χ0) is 14.1. The summed E-state index contributed by atoms with van der Waals surface area (Å²) in [5.74, 6) is 0.688. The van der Waals surface area contributed by atoms with Crippen LogP contribution in [-0.2, 0) is 0 Å². The molecule has 1 aromatic carbocycles. The van der Waals surface area contributed by atoms with E-state index in [0.29, 0.717) is 5.75 Å². The molecule has 0 aliphatic carbocycles. The molecule has 0 atom stereocenters. The minimum atomic E-state index is -4.38. The van der Waals surface area contributed by atoms with Gasteiger partial charge in [0.05, 0.1) is 6.26 Å². The number of hydrogen-bond acceptors (Lipinski definition) is 1. The van der Waals surface area contributed by atoms with E-state index >= 15 is 0 Å². The zero-order valence-electron chi connectivity index (χ0n) is 10.1. The molecule has 0 radical (unpaired) electrons. The minimum Gasteiger partial charge on any atom is -0.465 e. The first-order valence-electron chi connectivity index (χ1n) is 5.48. The lowest BCUT2D eigenvalue weighted by Gasteiger charge is -2.03. The third-order valence-corrected chi connectivity index (χ3v) is 2.02. The maximum absolute atomic E-state index is 12.1. The van der Waals surface area contributed by atoms with Crippen molar-refractivity contribution in [2.75, 3.05) is 0 Å². The summed E-state index contributed by atoms with van der Waals surface area (Å²) in [6, 6.07) is 9.13. The van der Waals surface area contributed by atoms with E-state index in [2.05, 4.69) is 6.58 Å². The van der Waals surface area contributed by atoms with Gasteiger partial charge in [0.2, 0.25) is 0 Å². The molecular formula is C15H13F3O. The lowest BCUT2D eigenvalue weighted by molar-refractivity contribution is -0.0878. The van der Waals surface area contributed by atoms with E-state index in [0.717, 1.165) is 6.08 Å². The van der Waals surface area contributed by atoms with Gasteiger partial charge in [-0.3, -0.25) is 0 Å². The van der Waals surface area contributed by atoms with E-state index in [4.69, 9.17) is 4.74 Å². The summed E-state index contributed by atoms with van der Waals surface area (Å²) in [4.78, 5) is 0. The van der Waals surface area contributed by atoms with Crippen LogP contribution in [0.15, 0.2) is 79.1 Å². The van der Waals surface area contributed by atoms with Crippen LogP contribution in [0.2, 0.25) is 0 Å². The molecule has 0 N–H and O–H groups in total. The van der Waals surface area contributed by atoms with Crippen LogP contribution in [0.25, 0.3) is 0 Å². The number of hydrogen-bond donors (Lipinski definition) is 0. The molecule has 0 heterocycles. The van der Waals surface area contributed by atoms with Crippen molar-refractivity contribution in [3.05, 3.63) is 79.1 Å². The van der Waals surface area contributed by atoms with E-state index in [9.17, 15) is 13.2 Å². The Bertz CT molecular complexity index is 482. The smallest absolute Gasteiger partial charge is 0.415 e. The van der Waals surface area contributed by atoms with Crippen LogP contribution in [0.3, 0.4) is 0 Å². The lowest BCUT2D eigenvalue weighted by atomic mass is 10.2. The Morgan fingerprint density at radius 1 is 1.00 bits per heavy atom. The van der Waals surface area contributed by atoms with E-state index in [1.54, 1.807) is 24.3 Å². The highest BCUT2D eigenvalue weighted by Crippen LogP contribution is 2.24. The van der Waals surface area contributed by atoms with Crippen molar-refractivity contribution in [3.63, 3.8) is 0 Å². The summed E-state index contributed by atoms with van der Waals surface area (Å²) in [5, 5.41) is 0. The molecule has 0 aromatic heterocycles. The minimum absolute atomic E-state index is 0.688. The predicted molar refractivity (Wildman–Crippen MR) is 69.7 cm³/mol. The van der Waals surface area contributed by atoms with Gasteiger partial charge in [-0.05, 0) is 18.2 Å². The van der Waals surface area contributed by atoms with Gasteiger partial charge < -0.3 is 4.74 Å². The zero-order valence-corrected chi connectivity index (χ0v) is 10.1. The molecular weight excluding hydrogens is 253 g/mol. The van der Waals surface area contributed by atoms with Gasteiger partial charge in [0, 0.05) is 5.57 Å². The van der Waals surface area contributed by atoms with E-state index in [1.807, 2.05) is 18.2 Å². The topological polar surface area (TPSA) is 9.23 Å². The predicted octanol–water partition coefficient (Wildman–Crippen LogP) is 4.81. The van der Waals surface area contributed by atoms with Crippen molar-refractivity contribution in [1.82, 2.24) is 0 Å². The maximum atomic E-state index is 12.1.